The van der Waals surface area contributed by atoms with Gasteiger partial charge in [-0.05, 0) is 69.7 Å². The first-order valence-corrected chi connectivity index (χ1v) is 14.2. The molecule has 11 heteroatoms. The summed E-state index contributed by atoms with van der Waals surface area (Å²) in [6.45, 7) is 5.98. The number of imidazole rings is 1. The Morgan fingerprint density at radius 3 is 2.66 bits per heavy atom. The van der Waals surface area contributed by atoms with Gasteiger partial charge >= 0.3 is 6.09 Å². The van der Waals surface area contributed by atoms with Gasteiger partial charge in [0, 0.05) is 42.7 Å². The molecule has 0 spiro atoms. The first-order valence-electron chi connectivity index (χ1n) is 14.2. The number of nitrogens with one attached hydrogen (secondary N) is 1. The highest BCUT2D eigenvalue weighted by Gasteiger charge is 2.28. The third-order valence-electron chi connectivity index (χ3n) is 8.23. The van der Waals surface area contributed by atoms with Gasteiger partial charge in [-0.1, -0.05) is 0 Å². The fourth-order valence-corrected chi connectivity index (χ4v) is 5.80. The number of carbonyl (C=O) groups is 2. The van der Waals surface area contributed by atoms with Crippen LogP contribution in [0.25, 0.3) is 28.1 Å². The molecule has 4 aromatic heterocycles. The predicted octanol–water partition coefficient (Wildman–Crippen LogP) is 4.06. The Morgan fingerprint density at radius 1 is 1.15 bits per heavy atom. The van der Waals surface area contributed by atoms with Crippen molar-refractivity contribution in [2.45, 2.75) is 58.2 Å². The van der Waals surface area contributed by atoms with Crippen LogP contribution in [0.5, 0.6) is 5.88 Å². The van der Waals surface area contributed by atoms with E-state index in [9.17, 15) is 9.59 Å². The van der Waals surface area contributed by atoms with Gasteiger partial charge in [-0.3, -0.25) is 9.20 Å². The van der Waals surface area contributed by atoms with E-state index in [1.165, 1.54) is 20.0 Å². The molecule has 1 saturated carbocycles. The summed E-state index contributed by atoms with van der Waals surface area (Å²) in [5.41, 5.74) is 11.6. The number of likely N-dealkylation sites (tertiary alicyclic amines) is 1. The molecule has 2 fully saturated rings. The fraction of sp³-hybridized carbons (Fsp3) is 0.467. The first-order chi connectivity index (χ1) is 19.8. The topological polar surface area (TPSA) is 129 Å². The SMILES string of the molecule is COC(=O)N[C@H](C)c1ccc2cc(-c3nc4cc(C(=O)N5CCC[C@@H](N)C5)cc(OC)n4c3C)n(CC3CC3)c2n1. The molecule has 216 valence electrons. The molecule has 3 N–H and O–H groups in total. The molecule has 2 aliphatic rings. The van der Waals surface area contributed by atoms with Crippen molar-refractivity contribution < 1.29 is 19.1 Å². The maximum absolute atomic E-state index is 13.4. The third-order valence-corrected chi connectivity index (χ3v) is 8.23. The van der Waals surface area contributed by atoms with Crippen LogP contribution in [-0.2, 0) is 11.3 Å². The van der Waals surface area contributed by atoms with Crippen LogP contribution in [0.3, 0.4) is 0 Å². The second-order valence-electron chi connectivity index (χ2n) is 11.3. The zero-order valence-electron chi connectivity index (χ0n) is 24.0. The van der Waals surface area contributed by atoms with Crippen molar-refractivity contribution in [3.8, 4) is 17.3 Å². The molecule has 2 atom stereocenters. The monoisotopic (exact) mass is 559 g/mol. The normalized spacial score (nSPS) is 18.1. The molecule has 0 radical (unpaired) electrons. The molecule has 5 heterocycles. The largest absolute Gasteiger partial charge is 0.482 e. The molecule has 41 heavy (non-hydrogen) atoms. The number of piperidine rings is 1. The number of alkyl carbamates (subject to hydrolysis) is 1. The highest BCUT2D eigenvalue weighted by molar-refractivity contribution is 5.96. The van der Waals surface area contributed by atoms with Gasteiger partial charge in [-0.25, -0.2) is 14.8 Å². The van der Waals surface area contributed by atoms with Crippen molar-refractivity contribution in [1.82, 2.24) is 29.2 Å². The van der Waals surface area contributed by atoms with E-state index in [-0.39, 0.29) is 18.0 Å². The lowest BCUT2D eigenvalue weighted by molar-refractivity contribution is 0.0708. The van der Waals surface area contributed by atoms with Gasteiger partial charge < -0.3 is 30.0 Å². The van der Waals surface area contributed by atoms with E-state index in [0.29, 0.717) is 36.1 Å². The summed E-state index contributed by atoms with van der Waals surface area (Å²) >= 11 is 0. The summed E-state index contributed by atoms with van der Waals surface area (Å²) in [5, 5.41) is 3.80. The highest BCUT2D eigenvalue weighted by Crippen LogP contribution is 2.37. The van der Waals surface area contributed by atoms with Crippen LogP contribution in [0.4, 0.5) is 4.79 Å². The Bertz CT molecular complexity index is 1640. The zero-order valence-corrected chi connectivity index (χ0v) is 24.0. The van der Waals surface area contributed by atoms with Crippen molar-refractivity contribution in [3.63, 3.8) is 0 Å². The molecule has 4 aromatic rings. The van der Waals surface area contributed by atoms with Gasteiger partial charge in [0.2, 0.25) is 0 Å². The number of aryl methyl sites for hydroxylation is 1. The molecular formula is C30H37N7O4. The number of nitrogens with zero attached hydrogens (tertiary/aromatic N) is 5. The van der Waals surface area contributed by atoms with Crippen LogP contribution in [-0.4, -0.2) is 69.2 Å². The number of aromatic nitrogens is 4. The van der Waals surface area contributed by atoms with Crippen LogP contribution in [0.1, 0.15) is 60.4 Å². The van der Waals surface area contributed by atoms with E-state index in [2.05, 4.69) is 16.0 Å². The number of rotatable bonds is 7. The summed E-state index contributed by atoms with van der Waals surface area (Å²) in [7, 11) is 2.96. The lowest BCUT2D eigenvalue weighted by Crippen LogP contribution is -2.45. The summed E-state index contributed by atoms with van der Waals surface area (Å²) in [4.78, 5) is 37.1. The van der Waals surface area contributed by atoms with E-state index in [1.54, 1.807) is 13.2 Å². The number of carbonyl (C=O) groups excluding carboxylic acids is 2. The average Bonchev–Trinajstić information content (AvgIpc) is 3.65. The highest BCUT2D eigenvalue weighted by atomic mass is 16.5. The number of nitrogens with two attached hydrogens (primary N) is 1. The summed E-state index contributed by atoms with van der Waals surface area (Å²) in [6.07, 6.45) is 3.70. The molecular weight excluding hydrogens is 522 g/mol. The first kappa shape index (κ1) is 27.1. The quantitative estimate of drug-likeness (QED) is 0.349. The van der Waals surface area contributed by atoms with Gasteiger partial charge in [0.05, 0.1) is 37.3 Å². The van der Waals surface area contributed by atoms with Crippen molar-refractivity contribution in [3.05, 3.63) is 47.3 Å². The standard InChI is InChI=1S/C30H37N7O4/c1-17(32-30(39)41-4)23-10-9-20-12-24(36(28(20)33-23)15-19-7-8-19)27-18(2)37-25(34-27)13-21(14-26(37)40-3)29(38)35-11-5-6-22(31)16-35/h9-10,12-14,17,19,22H,5-8,11,15-16,31H2,1-4H3,(H,32,39)/t17-,22-/m1/s1. The second kappa shape index (κ2) is 10.7. The average molecular weight is 560 g/mol. The van der Waals surface area contributed by atoms with E-state index in [4.69, 9.17) is 25.2 Å². The Kier molecular flexibility index (Phi) is 7.06. The minimum atomic E-state index is -0.497. The zero-order chi connectivity index (χ0) is 28.8. The number of hydrogen-bond donors (Lipinski definition) is 2. The van der Waals surface area contributed by atoms with Crippen LogP contribution in [0.2, 0.25) is 0 Å². The fourth-order valence-electron chi connectivity index (χ4n) is 5.80. The maximum Gasteiger partial charge on any atom is 0.407 e. The summed E-state index contributed by atoms with van der Waals surface area (Å²) < 4.78 is 14.7. The van der Waals surface area contributed by atoms with Crippen LogP contribution < -0.4 is 15.8 Å². The van der Waals surface area contributed by atoms with Gasteiger partial charge in [0.15, 0.2) is 5.88 Å². The lowest BCUT2D eigenvalue weighted by Gasteiger charge is -2.30. The van der Waals surface area contributed by atoms with Gasteiger partial charge in [0.25, 0.3) is 5.91 Å². The molecule has 0 aromatic carbocycles. The van der Waals surface area contributed by atoms with Crippen molar-refractivity contribution >= 4 is 28.7 Å². The second-order valence-corrected chi connectivity index (χ2v) is 11.3. The molecule has 0 unspecified atom stereocenters. The molecule has 1 saturated heterocycles. The van der Waals surface area contributed by atoms with E-state index >= 15 is 0 Å². The van der Waals surface area contributed by atoms with Crippen molar-refractivity contribution in [2.75, 3.05) is 27.3 Å². The minimum absolute atomic E-state index is 0.000321. The number of fused-ring (bicyclic) bond motifs is 2. The summed E-state index contributed by atoms with van der Waals surface area (Å²) in [6, 6.07) is 9.40. The number of amides is 2. The van der Waals surface area contributed by atoms with Gasteiger partial charge in [-0.15, -0.1) is 0 Å². The Labute approximate surface area is 238 Å². The Balaban J connectivity index is 1.44. The molecule has 2 amide bonds. The van der Waals surface area contributed by atoms with Crippen molar-refractivity contribution in [2.24, 2.45) is 11.7 Å². The Morgan fingerprint density at radius 2 is 1.95 bits per heavy atom. The van der Waals surface area contributed by atoms with Crippen molar-refractivity contribution in [1.29, 1.82) is 0 Å². The van der Waals surface area contributed by atoms with Crippen LogP contribution in [0.15, 0.2) is 30.3 Å². The maximum atomic E-state index is 13.4. The predicted molar refractivity (Wildman–Crippen MR) is 155 cm³/mol. The van der Waals surface area contributed by atoms with Gasteiger partial charge in [-0.2, -0.15) is 0 Å². The minimum Gasteiger partial charge on any atom is -0.482 e. The molecule has 1 aliphatic heterocycles. The van der Waals surface area contributed by atoms with Crippen LogP contribution in [0, 0.1) is 12.8 Å². The van der Waals surface area contributed by atoms with Gasteiger partial charge in [0.1, 0.15) is 17.0 Å². The van der Waals surface area contributed by atoms with E-state index in [1.807, 2.05) is 41.3 Å². The molecule has 0 bridgehead atoms. The lowest BCUT2D eigenvalue weighted by atomic mass is 10.1. The van der Waals surface area contributed by atoms with E-state index in [0.717, 1.165) is 53.2 Å². The number of ether oxygens (including phenoxy) is 2. The number of hydrogen-bond acceptors (Lipinski definition) is 7. The van der Waals surface area contributed by atoms with E-state index < -0.39 is 6.09 Å². The molecule has 6 rings (SSSR count). The van der Waals surface area contributed by atoms with Crippen LogP contribution >= 0.6 is 0 Å². The smallest absolute Gasteiger partial charge is 0.407 e. The number of methoxy groups -OCH3 is 2. The summed E-state index contributed by atoms with van der Waals surface area (Å²) in [5.74, 6) is 1.08. The number of pyridine rings is 2. The molecule has 1 aliphatic carbocycles. The Hall–Kier alpha value is -4.12. The third kappa shape index (κ3) is 5.10. The molecule has 11 nitrogen and oxygen atoms in total.